The first-order valence-electron chi connectivity index (χ1n) is 10.7. The Morgan fingerprint density at radius 1 is 1.14 bits per heavy atom. The third-order valence-corrected chi connectivity index (χ3v) is 6.74. The first kappa shape index (κ1) is 21.4. The average molecular weight is 404 g/mol. The van der Waals surface area contributed by atoms with Gasteiger partial charge in [-0.2, -0.15) is 0 Å². The van der Waals surface area contributed by atoms with Crippen LogP contribution in [0.3, 0.4) is 0 Å². The molecule has 5 heteroatoms. The zero-order chi connectivity index (χ0) is 19.8. The first-order valence-corrected chi connectivity index (χ1v) is 11.1. The maximum atomic E-state index is 12.7. The summed E-state index contributed by atoms with van der Waals surface area (Å²) < 4.78 is 0. The first-order chi connectivity index (χ1) is 13.7. The summed E-state index contributed by atoms with van der Waals surface area (Å²) in [5.41, 5.74) is 1.36. The normalized spacial score (nSPS) is 25.2. The van der Waals surface area contributed by atoms with Crippen LogP contribution in [0, 0.1) is 11.8 Å². The van der Waals surface area contributed by atoms with Crippen molar-refractivity contribution in [2.45, 2.75) is 63.6 Å². The number of hydrogen-bond acceptors (Lipinski definition) is 3. The van der Waals surface area contributed by atoms with Crippen molar-refractivity contribution in [3.8, 4) is 0 Å². The van der Waals surface area contributed by atoms with Gasteiger partial charge in [-0.1, -0.05) is 36.4 Å². The number of rotatable bonds is 8. The lowest BCUT2D eigenvalue weighted by Crippen LogP contribution is -2.46. The van der Waals surface area contributed by atoms with Gasteiger partial charge in [0.2, 0.25) is 5.91 Å². The number of halogens is 1. The Kier molecular flexibility index (Phi) is 8.38. The molecule has 1 atom stereocenters. The molecule has 1 heterocycles. The van der Waals surface area contributed by atoms with Gasteiger partial charge in [-0.15, -0.1) is 6.58 Å². The van der Waals surface area contributed by atoms with Crippen molar-refractivity contribution in [2.24, 2.45) is 11.8 Å². The van der Waals surface area contributed by atoms with Gasteiger partial charge in [-0.05, 0) is 68.2 Å². The van der Waals surface area contributed by atoms with Gasteiger partial charge in [0.15, 0.2) is 0 Å². The number of amides is 1. The Morgan fingerprint density at radius 3 is 2.43 bits per heavy atom. The highest BCUT2D eigenvalue weighted by atomic mass is 35.5. The lowest BCUT2D eigenvalue weighted by Gasteiger charge is -2.35. The number of carbonyl (C=O) groups is 1. The highest BCUT2D eigenvalue weighted by Gasteiger charge is 2.31. The molecule has 1 unspecified atom stereocenters. The fourth-order valence-electron chi connectivity index (χ4n) is 4.69. The summed E-state index contributed by atoms with van der Waals surface area (Å²) >= 11 is 5.89. The topological polar surface area (TPSA) is 44.4 Å². The predicted molar refractivity (Wildman–Crippen MR) is 116 cm³/mol. The van der Waals surface area contributed by atoms with E-state index in [1.54, 1.807) is 0 Å². The van der Waals surface area contributed by atoms with Gasteiger partial charge < -0.3 is 5.32 Å². The molecule has 0 spiro atoms. The number of likely N-dealkylation sites (tertiary alicyclic amines) is 1. The van der Waals surface area contributed by atoms with E-state index in [1.807, 2.05) is 6.08 Å². The van der Waals surface area contributed by atoms with E-state index in [4.69, 9.17) is 11.8 Å². The molecule has 1 aromatic carbocycles. The SMILES string of the molecule is C=CCC(NCl)C1CCC(C(=O)NC2CCN(Cc3ccccc3)CC2)CC1. The molecule has 0 bridgehead atoms. The van der Waals surface area contributed by atoms with Crippen LogP contribution in [0.2, 0.25) is 0 Å². The fraction of sp³-hybridized carbons (Fsp3) is 0.609. The zero-order valence-corrected chi connectivity index (χ0v) is 17.5. The van der Waals surface area contributed by atoms with Crippen LogP contribution in [-0.4, -0.2) is 36.0 Å². The van der Waals surface area contributed by atoms with Gasteiger partial charge in [-0.3, -0.25) is 9.69 Å². The zero-order valence-electron chi connectivity index (χ0n) is 16.8. The van der Waals surface area contributed by atoms with Crippen LogP contribution in [0.5, 0.6) is 0 Å². The second-order valence-corrected chi connectivity index (χ2v) is 8.61. The van der Waals surface area contributed by atoms with Crippen LogP contribution in [-0.2, 0) is 11.3 Å². The molecular formula is C23H34ClN3O. The van der Waals surface area contributed by atoms with Crippen molar-refractivity contribution >= 4 is 17.7 Å². The molecule has 1 amide bonds. The molecule has 3 rings (SSSR count). The Bertz CT molecular complexity index is 608. The number of nitrogens with zero attached hydrogens (tertiary/aromatic N) is 1. The molecule has 154 valence electrons. The van der Waals surface area contributed by atoms with Gasteiger partial charge in [0.1, 0.15) is 0 Å². The number of carbonyl (C=O) groups excluding carboxylic acids is 1. The van der Waals surface area contributed by atoms with Crippen molar-refractivity contribution in [1.29, 1.82) is 0 Å². The van der Waals surface area contributed by atoms with Crippen molar-refractivity contribution in [3.63, 3.8) is 0 Å². The largest absolute Gasteiger partial charge is 0.353 e. The highest BCUT2D eigenvalue weighted by Crippen LogP contribution is 2.32. The van der Waals surface area contributed by atoms with E-state index in [0.29, 0.717) is 12.0 Å². The van der Waals surface area contributed by atoms with E-state index in [0.717, 1.165) is 64.6 Å². The third-order valence-electron chi connectivity index (χ3n) is 6.46. The summed E-state index contributed by atoms with van der Waals surface area (Å²) in [5, 5.41) is 3.33. The van der Waals surface area contributed by atoms with Crippen molar-refractivity contribution in [3.05, 3.63) is 48.6 Å². The highest BCUT2D eigenvalue weighted by molar-refractivity contribution is 6.13. The van der Waals surface area contributed by atoms with Crippen LogP contribution in [0.15, 0.2) is 43.0 Å². The van der Waals surface area contributed by atoms with Crippen LogP contribution in [0.25, 0.3) is 0 Å². The number of benzene rings is 1. The maximum absolute atomic E-state index is 12.7. The molecule has 2 fully saturated rings. The minimum Gasteiger partial charge on any atom is -0.353 e. The number of hydrogen-bond donors (Lipinski definition) is 2. The molecule has 2 aliphatic rings. The summed E-state index contributed by atoms with van der Waals surface area (Å²) in [4.78, 5) is 18.1. The summed E-state index contributed by atoms with van der Waals surface area (Å²) in [6, 6.07) is 11.2. The van der Waals surface area contributed by atoms with Gasteiger partial charge in [0.05, 0.1) is 0 Å². The second kappa shape index (κ2) is 11.0. The fourth-order valence-corrected chi connectivity index (χ4v) is 4.95. The smallest absolute Gasteiger partial charge is 0.223 e. The van der Waals surface area contributed by atoms with Gasteiger partial charge in [0, 0.05) is 37.6 Å². The summed E-state index contributed by atoms with van der Waals surface area (Å²) in [5.74, 6) is 0.971. The lowest BCUT2D eigenvalue weighted by molar-refractivity contribution is -0.127. The molecule has 28 heavy (non-hydrogen) atoms. The van der Waals surface area contributed by atoms with Crippen LogP contribution < -0.4 is 10.2 Å². The minimum atomic E-state index is 0.165. The molecule has 4 nitrogen and oxygen atoms in total. The lowest BCUT2D eigenvalue weighted by atomic mass is 9.77. The molecule has 1 aliphatic heterocycles. The molecular weight excluding hydrogens is 370 g/mol. The van der Waals surface area contributed by atoms with E-state index in [-0.39, 0.29) is 17.9 Å². The van der Waals surface area contributed by atoms with Gasteiger partial charge in [0.25, 0.3) is 0 Å². The van der Waals surface area contributed by atoms with E-state index < -0.39 is 0 Å². The second-order valence-electron chi connectivity index (χ2n) is 8.40. The van der Waals surface area contributed by atoms with Crippen molar-refractivity contribution in [2.75, 3.05) is 13.1 Å². The van der Waals surface area contributed by atoms with Gasteiger partial charge in [-0.25, -0.2) is 4.84 Å². The number of nitrogens with one attached hydrogen (secondary N) is 2. The van der Waals surface area contributed by atoms with Crippen LogP contribution >= 0.6 is 11.8 Å². The Hall–Kier alpha value is -1.36. The molecule has 2 N–H and O–H groups in total. The standard InChI is InChI=1S/C23H34ClN3O/c1-2-6-22(26-24)19-9-11-20(12-10-19)23(28)25-21-13-15-27(16-14-21)17-18-7-4-3-5-8-18/h2-5,7-8,19-22,26H,1,6,9-17H2,(H,25,28). The summed E-state index contributed by atoms with van der Waals surface area (Å²) in [7, 11) is 0. The van der Waals surface area contributed by atoms with Crippen molar-refractivity contribution in [1.82, 2.24) is 15.1 Å². The van der Waals surface area contributed by atoms with Gasteiger partial charge >= 0.3 is 0 Å². The predicted octanol–water partition coefficient (Wildman–Crippen LogP) is 4.26. The Balaban J connectivity index is 1.37. The third kappa shape index (κ3) is 6.07. The average Bonchev–Trinajstić information content (AvgIpc) is 2.74. The van der Waals surface area contributed by atoms with Crippen LogP contribution in [0.4, 0.5) is 0 Å². The monoisotopic (exact) mass is 403 g/mol. The Morgan fingerprint density at radius 2 is 1.82 bits per heavy atom. The summed E-state index contributed by atoms with van der Waals surface area (Å²) in [6.07, 6.45) is 8.95. The van der Waals surface area contributed by atoms with Crippen LogP contribution in [0.1, 0.15) is 50.5 Å². The number of piperidine rings is 1. The van der Waals surface area contributed by atoms with E-state index in [2.05, 4.69) is 52.0 Å². The molecule has 0 radical (unpaired) electrons. The molecule has 0 aromatic heterocycles. The minimum absolute atomic E-state index is 0.165. The Labute approximate surface area is 174 Å². The molecule has 1 aromatic rings. The van der Waals surface area contributed by atoms with E-state index in [1.165, 1.54) is 5.56 Å². The maximum Gasteiger partial charge on any atom is 0.223 e. The molecule has 1 aliphatic carbocycles. The van der Waals surface area contributed by atoms with Crippen molar-refractivity contribution < 1.29 is 4.79 Å². The van der Waals surface area contributed by atoms with E-state index in [9.17, 15) is 4.79 Å². The summed E-state index contributed by atoms with van der Waals surface area (Å²) in [6.45, 7) is 6.93. The van der Waals surface area contributed by atoms with E-state index >= 15 is 0 Å². The quantitative estimate of drug-likeness (QED) is 0.503. The molecule has 1 saturated carbocycles. The molecule has 1 saturated heterocycles.